The molecule has 2 rings (SSSR count). The zero-order valence-corrected chi connectivity index (χ0v) is 13.8. The molecule has 1 aromatic carbocycles. The molecule has 2 nitrogen and oxygen atoms in total. The van der Waals surface area contributed by atoms with Crippen molar-refractivity contribution in [2.24, 2.45) is 5.73 Å². The Kier molecular flexibility index (Phi) is 5.22. The van der Waals surface area contributed by atoms with Gasteiger partial charge in [-0.15, -0.1) is 0 Å². The van der Waals surface area contributed by atoms with Crippen LogP contribution in [0, 0.1) is 0 Å². The number of hydrogen-bond acceptors (Lipinski definition) is 2. The molecule has 0 aliphatic heterocycles. The van der Waals surface area contributed by atoms with Crippen molar-refractivity contribution >= 4 is 38.8 Å². The van der Waals surface area contributed by atoms with Gasteiger partial charge in [-0.05, 0) is 47.0 Å². The van der Waals surface area contributed by atoms with Crippen molar-refractivity contribution in [1.82, 2.24) is 0 Å². The lowest BCUT2D eigenvalue weighted by molar-refractivity contribution is 0.553. The predicted molar refractivity (Wildman–Crippen MR) is 89.9 cm³/mol. The highest BCUT2D eigenvalue weighted by molar-refractivity contribution is 9.10. The summed E-state index contributed by atoms with van der Waals surface area (Å²) in [7, 11) is 2.19. The average Bonchev–Trinajstić information content (AvgIpc) is 2.66. The standard InChI is InChI=1S/C15H21BrN2S/c1-18(11-6-4-2-3-5-7-11)12-8-9-13(15(17)19)14(16)10-12/h8-11H,2-7H2,1H3,(H2,17,19). The van der Waals surface area contributed by atoms with Gasteiger partial charge in [-0.2, -0.15) is 0 Å². The Bertz CT molecular complexity index is 453. The van der Waals surface area contributed by atoms with E-state index in [1.807, 2.05) is 6.07 Å². The zero-order chi connectivity index (χ0) is 13.8. The first-order valence-electron chi connectivity index (χ1n) is 6.92. The Morgan fingerprint density at radius 3 is 2.42 bits per heavy atom. The molecule has 1 aliphatic rings. The van der Waals surface area contributed by atoms with Gasteiger partial charge < -0.3 is 10.6 Å². The molecule has 0 radical (unpaired) electrons. The van der Waals surface area contributed by atoms with Crippen LogP contribution in [-0.2, 0) is 0 Å². The second-order valence-electron chi connectivity index (χ2n) is 5.28. The van der Waals surface area contributed by atoms with Crippen molar-refractivity contribution in [3.8, 4) is 0 Å². The second kappa shape index (κ2) is 6.71. The first-order valence-corrected chi connectivity index (χ1v) is 8.12. The Hall–Kier alpha value is -0.610. The van der Waals surface area contributed by atoms with E-state index in [9.17, 15) is 0 Å². The number of thiocarbonyl (C=S) groups is 1. The third-order valence-corrected chi connectivity index (χ3v) is 4.87. The van der Waals surface area contributed by atoms with Crippen molar-refractivity contribution in [2.75, 3.05) is 11.9 Å². The smallest absolute Gasteiger partial charge is 0.105 e. The topological polar surface area (TPSA) is 29.3 Å². The number of rotatable bonds is 3. The van der Waals surface area contributed by atoms with Gasteiger partial charge in [0, 0.05) is 28.8 Å². The van der Waals surface area contributed by atoms with Gasteiger partial charge in [0.25, 0.3) is 0 Å². The van der Waals surface area contributed by atoms with Crippen molar-refractivity contribution in [3.05, 3.63) is 28.2 Å². The first-order chi connectivity index (χ1) is 9.09. The van der Waals surface area contributed by atoms with Crippen molar-refractivity contribution < 1.29 is 0 Å². The summed E-state index contributed by atoms with van der Waals surface area (Å²) in [5.74, 6) is 0. The summed E-state index contributed by atoms with van der Waals surface area (Å²) < 4.78 is 0.984. The molecule has 1 saturated carbocycles. The van der Waals surface area contributed by atoms with E-state index >= 15 is 0 Å². The summed E-state index contributed by atoms with van der Waals surface area (Å²) in [6.07, 6.45) is 8.06. The maximum atomic E-state index is 5.69. The van der Waals surface area contributed by atoms with Gasteiger partial charge in [0.1, 0.15) is 4.99 Å². The Balaban J connectivity index is 2.16. The van der Waals surface area contributed by atoms with Crippen LogP contribution in [0.5, 0.6) is 0 Å². The van der Waals surface area contributed by atoms with Crippen LogP contribution in [0.4, 0.5) is 5.69 Å². The van der Waals surface area contributed by atoms with Crippen molar-refractivity contribution in [2.45, 2.75) is 44.6 Å². The van der Waals surface area contributed by atoms with Crippen LogP contribution in [0.3, 0.4) is 0 Å². The fourth-order valence-electron chi connectivity index (χ4n) is 2.78. The Labute approximate surface area is 129 Å². The molecule has 4 heteroatoms. The number of benzene rings is 1. The van der Waals surface area contributed by atoms with Gasteiger partial charge in [-0.25, -0.2) is 0 Å². The molecule has 0 saturated heterocycles. The average molecular weight is 341 g/mol. The summed E-state index contributed by atoms with van der Waals surface area (Å²) >= 11 is 8.60. The second-order valence-corrected chi connectivity index (χ2v) is 6.58. The molecule has 0 atom stereocenters. The fraction of sp³-hybridized carbons (Fsp3) is 0.533. The van der Waals surface area contributed by atoms with E-state index in [0.29, 0.717) is 11.0 Å². The van der Waals surface area contributed by atoms with E-state index < -0.39 is 0 Å². The lowest BCUT2D eigenvalue weighted by atomic mass is 10.1. The summed E-state index contributed by atoms with van der Waals surface area (Å²) in [6, 6.07) is 6.91. The Morgan fingerprint density at radius 1 is 1.26 bits per heavy atom. The number of halogens is 1. The summed E-state index contributed by atoms with van der Waals surface area (Å²) in [5.41, 5.74) is 7.84. The van der Waals surface area contributed by atoms with E-state index in [2.05, 4.69) is 40.0 Å². The lowest BCUT2D eigenvalue weighted by Crippen LogP contribution is -2.31. The number of nitrogens with two attached hydrogens (primary N) is 1. The van der Waals surface area contributed by atoms with Crippen LogP contribution in [0.25, 0.3) is 0 Å². The minimum atomic E-state index is 0.440. The van der Waals surface area contributed by atoms with Crippen LogP contribution < -0.4 is 10.6 Å². The van der Waals surface area contributed by atoms with E-state index in [1.165, 1.54) is 44.2 Å². The summed E-state index contributed by atoms with van der Waals surface area (Å²) in [5, 5.41) is 0. The summed E-state index contributed by atoms with van der Waals surface area (Å²) in [6.45, 7) is 0. The van der Waals surface area contributed by atoms with Gasteiger partial charge >= 0.3 is 0 Å². The van der Waals surface area contributed by atoms with E-state index in [-0.39, 0.29) is 0 Å². The minimum absolute atomic E-state index is 0.440. The van der Waals surface area contributed by atoms with E-state index in [4.69, 9.17) is 18.0 Å². The fourth-order valence-corrected chi connectivity index (χ4v) is 3.67. The highest BCUT2D eigenvalue weighted by Gasteiger charge is 2.18. The van der Waals surface area contributed by atoms with E-state index in [0.717, 1.165) is 10.0 Å². The summed E-state index contributed by atoms with van der Waals surface area (Å²) in [4.78, 5) is 2.84. The third kappa shape index (κ3) is 3.69. The molecule has 0 aromatic heterocycles. The highest BCUT2D eigenvalue weighted by Crippen LogP contribution is 2.28. The van der Waals surface area contributed by atoms with Crippen LogP contribution in [0.1, 0.15) is 44.1 Å². The molecule has 1 aromatic rings. The molecular weight excluding hydrogens is 320 g/mol. The molecule has 1 fully saturated rings. The van der Waals surface area contributed by atoms with Gasteiger partial charge in [0.05, 0.1) is 0 Å². The van der Waals surface area contributed by atoms with Crippen molar-refractivity contribution in [1.29, 1.82) is 0 Å². The molecule has 0 unspecified atom stereocenters. The first kappa shape index (κ1) is 14.8. The maximum absolute atomic E-state index is 5.69. The highest BCUT2D eigenvalue weighted by atomic mass is 79.9. The van der Waals surface area contributed by atoms with Crippen LogP contribution in [0.2, 0.25) is 0 Å². The maximum Gasteiger partial charge on any atom is 0.105 e. The number of anilines is 1. The molecule has 19 heavy (non-hydrogen) atoms. The predicted octanol–water partition coefficient (Wildman–Crippen LogP) is 4.24. The zero-order valence-electron chi connectivity index (χ0n) is 11.4. The van der Waals surface area contributed by atoms with Gasteiger partial charge in [0.15, 0.2) is 0 Å². The quantitative estimate of drug-likeness (QED) is 0.659. The molecule has 104 valence electrons. The number of hydrogen-bond donors (Lipinski definition) is 1. The molecule has 0 heterocycles. The van der Waals surface area contributed by atoms with Gasteiger partial charge in [0.2, 0.25) is 0 Å². The molecule has 1 aliphatic carbocycles. The van der Waals surface area contributed by atoms with Crippen molar-refractivity contribution in [3.63, 3.8) is 0 Å². The van der Waals surface area contributed by atoms with Crippen LogP contribution in [0.15, 0.2) is 22.7 Å². The monoisotopic (exact) mass is 340 g/mol. The Morgan fingerprint density at radius 2 is 1.89 bits per heavy atom. The SMILES string of the molecule is CN(c1ccc(C(N)=S)c(Br)c1)C1CCCCCC1. The molecule has 0 bridgehead atoms. The van der Waals surface area contributed by atoms with Crippen LogP contribution >= 0.6 is 28.1 Å². The molecule has 2 N–H and O–H groups in total. The van der Waals surface area contributed by atoms with Gasteiger partial charge in [-0.3, -0.25) is 0 Å². The number of nitrogens with zero attached hydrogens (tertiary/aromatic N) is 1. The van der Waals surface area contributed by atoms with Crippen LogP contribution in [-0.4, -0.2) is 18.1 Å². The largest absolute Gasteiger partial charge is 0.389 e. The third-order valence-electron chi connectivity index (χ3n) is 4.00. The molecule has 0 amide bonds. The normalized spacial score (nSPS) is 16.9. The van der Waals surface area contributed by atoms with E-state index in [1.54, 1.807) is 0 Å². The molecule has 0 spiro atoms. The van der Waals surface area contributed by atoms with Gasteiger partial charge in [-0.1, -0.05) is 37.9 Å². The molecular formula is C15H21BrN2S. The minimum Gasteiger partial charge on any atom is -0.389 e. The lowest BCUT2D eigenvalue weighted by Gasteiger charge is -2.29.